The molecule has 31 nitrogen and oxygen atoms in total. The summed E-state index contributed by atoms with van der Waals surface area (Å²) >= 11 is 0. The first kappa shape index (κ1) is 69.7. The van der Waals surface area contributed by atoms with Gasteiger partial charge in [0.1, 0.15) is 117 Å². The summed E-state index contributed by atoms with van der Waals surface area (Å²) in [7, 11) is 0. The normalized spacial score (nSPS) is 49.7. The Bertz CT molecular complexity index is 2260. The highest BCUT2D eigenvalue weighted by atomic mass is 16.8. The van der Waals surface area contributed by atoms with Crippen LogP contribution in [0.5, 0.6) is 0 Å². The summed E-state index contributed by atoms with van der Waals surface area (Å²) in [5.74, 6) is -3.45. The Morgan fingerprint density at radius 2 is 0.875 bits per heavy atom. The number of hydrogen-bond donors (Lipinski definition) is 18. The van der Waals surface area contributed by atoms with Crippen molar-refractivity contribution in [3.63, 3.8) is 0 Å². The number of ether oxygens (including phenoxy) is 11. The third kappa shape index (κ3) is 16.4. The smallest absolute Gasteiger partial charge is 0.330 e. The SMILES string of the molecule is O=C(C=CC1CCC(O)C(O[C@@H]2O[C@H](CO)[C@@H](O)[C@H](O)[C@H]2O)C1)OC[C@H]1O[C@@H](O[C@H]2[C@H](OC3CC4C(O[C@@H]5O[C@H](CO)[C@@H](O)[C@H](O)[C@H]5O)CC(O)CC4[OH+]C3C3CCC(O)CC3)O[C@H](COC(=O)C=CC3CCC(O)C(O)C3)[C@@H](O)[C@@H]2O)[C@H](O)[C@@H](O)[C@@H]1O. The van der Waals surface area contributed by atoms with E-state index >= 15 is 0 Å². The maximum Gasteiger partial charge on any atom is 0.330 e. The molecule has 0 bridgehead atoms. The molecule has 5 aliphatic heterocycles. The lowest BCUT2D eigenvalue weighted by molar-refractivity contribution is -0.389. The van der Waals surface area contributed by atoms with E-state index in [1.54, 1.807) is 0 Å². The van der Waals surface area contributed by atoms with Crippen molar-refractivity contribution in [2.24, 2.45) is 23.7 Å². The molecule has 5 heterocycles. The van der Waals surface area contributed by atoms with Crippen LogP contribution in [0.1, 0.15) is 83.5 Å². The molecule has 0 spiro atoms. The molecule has 32 atom stereocenters. The third-order valence-corrected chi connectivity index (χ3v) is 19.1. The number of fused-ring (bicyclic) bond motifs is 1. The summed E-state index contributed by atoms with van der Waals surface area (Å²) in [5.41, 5.74) is 0. The van der Waals surface area contributed by atoms with Crippen LogP contribution >= 0.6 is 0 Å². The van der Waals surface area contributed by atoms with E-state index in [1.807, 2.05) is 0 Å². The van der Waals surface area contributed by atoms with Gasteiger partial charge >= 0.3 is 11.9 Å². The first-order valence-electron chi connectivity index (χ1n) is 30.7. The average molecular weight is 1270 g/mol. The van der Waals surface area contributed by atoms with Gasteiger partial charge in [-0.2, -0.15) is 0 Å². The van der Waals surface area contributed by atoms with Crippen molar-refractivity contribution in [1.82, 2.24) is 0 Å². The minimum atomic E-state index is -2.09. The summed E-state index contributed by atoms with van der Waals surface area (Å²) in [4.78, 5) is 26.3. The summed E-state index contributed by atoms with van der Waals surface area (Å²) in [6.07, 6.45) is -35.2. The molecule has 31 heteroatoms. The van der Waals surface area contributed by atoms with Crippen molar-refractivity contribution in [3.8, 4) is 0 Å². The molecule has 19 N–H and O–H groups in total. The van der Waals surface area contributed by atoms with Gasteiger partial charge in [-0.15, -0.1) is 0 Å². The second kappa shape index (κ2) is 31.1. The Morgan fingerprint density at radius 3 is 1.42 bits per heavy atom. The predicted octanol–water partition coefficient (Wildman–Crippen LogP) is -7.75. The summed E-state index contributed by atoms with van der Waals surface area (Å²) in [6.45, 7) is -2.89. The zero-order chi connectivity index (χ0) is 63.4. The summed E-state index contributed by atoms with van der Waals surface area (Å²) in [6, 6.07) is 0. The molecule has 12 unspecified atom stereocenters. The fraction of sp³-hybridized carbons (Fsp3) is 0.895. The lowest BCUT2D eigenvalue weighted by Gasteiger charge is -2.50. The molecule has 504 valence electrons. The summed E-state index contributed by atoms with van der Waals surface area (Å²) in [5, 5.41) is 193. The van der Waals surface area contributed by atoms with Crippen molar-refractivity contribution < 1.29 is 154 Å². The second-order valence-electron chi connectivity index (χ2n) is 25.2. The lowest BCUT2D eigenvalue weighted by atomic mass is 9.73. The number of allylic oxidation sites excluding steroid dienone is 2. The van der Waals surface area contributed by atoms with E-state index in [9.17, 15) is 102 Å². The minimum Gasteiger partial charge on any atom is -0.460 e. The number of rotatable bonds is 19. The van der Waals surface area contributed by atoms with E-state index in [2.05, 4.69) is 0 Å². The first-order valence-corrected chi connectivity index (χ1v) is 30.7. The van der Waals surface area contributed by atoms with E-state index in [0.29, 0.717) is 44.9 Å². The molecule has 9 aliphatic rings. The van der Waals surface area contributed by atoms with Gasteiger partial charge in [0.25, 0.3) is 0 Å². The van der Waals surface area contributed by atoms with Crippen molar-refractivity contribution in [2.45, 2.75) is 267 Å². The zero-order valence-electron chi connectivity index (χ0n) is 48.4. The molecular weight excluding hydrogens is 1180 g/mol. The van der Waals surface area contributed by atoms with Crippen molar-refractivity contribution in [3.05, 3.63) is 24.3 Å². The average Bonchev–Trinajstić information content (AvgIpc) is 3.53. The molecule has 0 aromatic heterocycles. The maximum atomic E-state index is 13.2. The van der Waals surface area contributed by atoms with Gasteiger partial charge in [0.15, 0.2) is 37.4 Å². The number of aliphatic hydroxyl groups is 20. The number of hydrogen-bond acceptors (Lipinski definition) is 30. The number of carbonyl (C=O) groups excluding carboxylic acids is 2. The van der Waals surface area contributed by atoms with Gasteiger partial charge in [-0.25, -0.2) is 9.59 Å². The van der Waals surface area contributed by atoms with Gasteiger partial charge < -0.3 is 144 Å². The molecule has 88 heavy (non-hydrogen) atoms. The molecule has 0 aromatic carbocycles. The van der Waals surface area contributed by atoms with Crippen LogP contribution in [0.15, 0.2) is 24.3 Å². The standard InChI is InChI=1S/C57H90O31/c58-18-35-41(67)45(71)49(75)54(84-35)81-32-16-26(61)15-31-27(32)17-34(52(80-31)24-5-7-25(60)8-6-24)83-57-53(48(74)44(70)38(87-57)21-79-39(65)11-3-22-1-9-28(62)30(64)13-22)88-56-51(77)47(73)43(69)37(86-56)20-78-40(66)12-4-23-2-10-29(63)33(14-23)82-55-50(76)46(72)42(68)36(19-59)85-55/h3-4,11-12,22-38,41-64,67-77H,1-2,5-10,13-21H2/p+1/t22?,23?,24?,25?,26?,27?,28?,29?,30?,31?,32?,33?,34?,35-,36-,37-,38-,41-,42-,43-,44-,45+,46+,47+,48+,49-,50-,51-,52?,53-,54-,55-,56+,57-/m1/s1. The molecule has 0 aromatic rings. The Hall–Kier alpha value is -2.66. The quantitative estimate of drug-likeness (QED) is 0.0324. The van der Waals surface area contributed by atoms with Crippen molar-refractivity contribution in [2.75, 3.05) is 26.4 Å². The highest BCUT2D eigenvalue weighted by molar-refractivity contribution is 5.82. The lowest BCUT2D eigenvalue weighted by Crippen LogP contribution is -2.66. The topological polar surface area (TPSA) is 503 Å². The van der Waals surface area contributed by atoms with Crippen LogP contribution in [0.25, 0.3) is 0 Å². The number of aliphatic hydroxyl groups excluding tert-OH is 18. The first-order chi connectivity index (χ1) is 41.9. The zero-order valence-corrected chi connectivity index (χ0v) is 48.4. The van der Waals surface area contributed by atoms with E-state index in [4.69, 9.17) is 52.1 Å². The van der Waals surface area contributed by atoms with Gasteiger partial charge in [-0.05, 0) is 82.5 Å². The highest BCUT2D eigenvalue weighted by Gasteiger charge is 2.58. The second-order valence-corrected chi connectivity index (χ2v) is 25.2. The van der Waals surface area contributed by atoms with Gasteiger partial charge in [0.05, 0.1) is 61.9 Å². The third-order valence-electron chi connectivity index (χ3n) is 19.1. The largest absolute Gasteiger partial charge is 0.460 e. The Balaban J connectivity index is 0.913. The van der Waals surface area contributed by atoms with E-state index in [1.165, 1.54) is 12.2 Å². The molecule has 4 aliphatic carbocycles. The van der Waals surface area contributed by atoms with E-state index in [-0.39, 0.29) is 50.4 Å². The van der Waals surface area contributed by atoms with Gasteiger partial charge in [-0.3, -0.25) is 0 Å². The molecule has 0 radical (unpaired) electrons. The molecule has 9 rings (SSSR count). The fourth-order valence-electron chi connectivity index (χ4n) is 13.8. The van der Waals surface area contributed by atoms with Crippen molar-refractivity contribution in [1.29, 1.82) is 0 Å². The number of esters is 2. The number of carbonyl (C=O) groups is 2. The maximum absolute atomic E-state index is 13.2. The van der Waals surface area contributed by atoms with Crippen LogP contribution in [0.4, 0.5) is 0 Å². The summed E-state index contributed by atoms with van der Waals surface area (Å²) < 4.78 is 64.7. The minimum absolute atomic E-state index is 0.0309. The van der Waals surface area contributed by atoms with Crippen LogP contribution in [-0.2, 0) is 57.0 Å². The Morgan fingerprint density at radius 1 is 0.409 bits per heavy atom. The molecule has 4 saturated carbocycles. The molecule has 0 amide bonds. The Labute approximate surface area is 506 Å². The predicted molar refractivity (Wildman–Crippen MR) is 288 cm³/mol. The Kier molecular flexibility index (Phi) is 24.6. The van der Waals surface area contributed by atoms with Crippen LogP contribution < -0.4 is 0 Å². The van der Waals surface area contributed by atoms with Gasteiger partial charge in [0.2, 0.25) is 0 Å². The van der Waals surface area contributed by atoms with Crippen LogP contribution in [0.3, 0.4) is 0 Å². The van der Waals surface area contributed by atoms with E-state index < -0.39 is 234 Å². The van der Waals surface area contributed by atoms with Crippen LogP contribution in [0.2, 0.25) is 0 Å². The van der Waals surface area contributed by atoms with Gasteiger partial charge in [0, 0.05) is 30.9 Å². The molecule has 9 fully saturated rings. The van der Waals surface area contributed by atoms with Gasteiger partial charge in [-0.1, -0.05) is 12.2 Å². The monoisotopic (exact) mass is 1270 g/mol. The van der Waals surface area contributed by atoms with Crippen LogP contribution in [-0.4, -0.2) is 319 Å². The van der Waals surface area contributed by atoms with Crippen LogP contribution in [0, 0.1) is 23.7 Å². The highest BCUT2D eigenvalue weighted by Crippen LogP contribution is 2.45. The van der Waals surface area contributed by atoms with E-state index in [0.717, 1.165) is 12.2 Å². The van der Waals surface area contributed by atoms with Crippen molar-refractivity contribution >= 4 is 11.9 Å². The molecular formula is C57H91O31+. The molecule has 5 saturated heterocycles. The fourth-order valence-corrected chi connectivity index (χ4v) is 13.8.